The lowest BCUT2D eigenvalue weighted by Gasteiger charge is -2.44. The molecule has 3 aliphatic heterocycles. The maximum absolute atomic E-state index is 15.3. The number of allylic oxidation sites excluding steroid dienone is 2. The second-order valence-corrected chi connectivity index (χ2v) is 33.8. The highest BCUT2D eigenvalue weighted by Gasteiger charge is 2.57. The number of hydrogen-bond acceptors (Lipinski definition) is 8. The molecule has 51 heavy (non-hydrogen) atoms. The zero-order valence-corrected chi connectivity index (χ0v) is 36.6. The third-order valence-corrected chi connectivity index (χ3v) is 22.2. The van der Waals surface area contributed by atoms with Crippen molar-refractivity contribution >= 4 is 42.7 Å². The molecule has 0 aromatic carbocycles. The molecule has 0 radical (unpaired) electrons. The van der Waals surface area contributed by atoms with E-state index < -0.39 is 73.1 Å². The number of carbonyl (C=O) groups is 3. The third-order valence-electron chi connectivity index (χ3n) is 11.5. The molecule has 13 heteroatoms. The van der Waals surface area contributed by atoms with Crippen molar-refractivity contribution in [1.29, 1.82) is 0 Å². The Morgan fingerprint density at radius 3 is 1.88 bits per heavy atom. The van der Waals surface area contributed by atoms with Gasteiger partial charge in [0.25, 0.3) is 0 Å². The van der Waals surface area contributed by atoms with E-state index in [0.717, 1.165) is 17.2 Å². The molecule has 4 rings (SSSR count). The normalized spacial score (nSPS) is 26.9. The Morgan fingerprint density at radius 2 is 1.33 bits per heavy atom. The second-order valence-electron chi connectivity index (χ2n) is 18.6. The fraction of sp³-hybridized carbons (Fsp3) is 0.711. The van der Waals surface area contributed by atoms with E-state index in [-0.39, 0.29) is 35.6 Å². The Hall–Kier alpha value is -2.46. The Bertz CT molecular complexity index is 1450. The summed E-state index contributed by atoms with van der Waals surface area (Å²) in [6.45, 7) is 30.7. The van der Waals surface area contributed by atoms with Gasteiger partial charge in [-0.15, -0.1) is 0 Å². The molecule has 2 saturated heterocycles. The summed E-state index contributed by atoms with van der Waals surface area (Å²) >= 11 is 0. The van der Waals surface area contributed by atoms with Crippen molar-refractivity contribution in [3.8, 4) is 0 Å². The van der Waals surface area contributed by atoms with Gasteiger partial charge in [-0.2, -0.15) is 0 Å². The van der Waals surface area contributed by atoms with E-state index in [2.05, 4.69) is 87.4 Å². The van der Waals surface area contributed by atoms with Gasteiger partial charge >= 0.3 is 12.1 Å². The van der Waals surface area contributed by atoms with E-state index in [1.807, 2.05) is 24.3 Å². The van der Waals surface area contributed by atoms with Gasteiger partial charge in [-0.05, 0) is 66.5 Å². The fourth-order valence-corrected chi connectivity index (χ4v) is 9.70. The van der Waals surface area contributed by atoms with Crippen molar-refractivity contribution in [3.63, 3.8) is 0 Å². The van der Waals surface area contributed by atoms with Crippen LogP contribution in [0.15, 0.2) is 48.0 Å². The summed E-state index contributed by atoms with van der Waals surface area (Å²) in [4.78, 5) is 46.6. The van der Waals surface area contributed by atoms with Gasteiger partial charge in [-0.3, -0.25) is 9.69 Å². The van der Waals surface area contributed by atoms with Crippen LogP contribution in [-0.2, 0) is 32.7 Å². The Balaban J connectivity index is 1.80. The molecule has 6 atom stereocenters. The first-order valence-corrected chi connectivity index (χ1v) is 28.1. The maximum Gasteiger partial charge on any atom is 0.411 e. The average molecular weight is 761 g/mol. The largest absolute Gasteiger partial charge is 0.473 e. The van der Waals surface area contributed by atoms with Crippen molar-refractivity contribution in [3.05, 3.63) is 48.0 Å². The molecule has 0 aromatic rings. The van der Waals surface area contributed by atoms with Crippen LogP contribution >= 0.6 is 0 Å². The minimum atomic E-state index is -2.37. The topological polar surface area (TPSA) is 104 Å². The Morgan fingerprint density at radius 1 is 0.784 bits per heavy atom. The minimum Gasteiger partial charge on any atom is -0.473 e. The molecule has 3 heterocycles. The molecular formula is C38H64N2O8Si3. The fourth-order valence-electron chi connectivity index (χ4n) is 6.51. The monoisotopic (exact) mass is 760 g/mol. The van der Waals surface area contributed by atoms with Crippen molar-refractivity contribution in [2.24, 2.45) is 0 Å². The predicted molar refractivity (Wildman–Crippen MR) is 209 cm³/mol. The molecular weight excluding hydrogens is 697 g/mol. The molecule has 0 saturated carbocycles. The first-order valence-electron chi connectivity index (χ1n) is 18.6. The first kappa shape index (κ1) is 41.3. The number of carbonyl (C=O) groups excluding carboxylic acids is 3. The van der Waals surface area contributed by atoms with Gasteiger partial charge in [-0.1, -0.05) is 79.4 Å². The van der Waals surface area contributed by atoms with Crippen LogP contribution in [0.3, 0.4) is 0 Å². The van der Waals surface area contributed by atoms with E-state index in [4.69, 9.17) is 23.1 Å². The molecule has 286 valence electrons. The smallest absolute Gasteiger partial charge is 0.411 e. The minimum absolute atomic E-state index is 0.0714. The molecule has 0 aromatic heterocycles. The molecule has 1 aliphatic carbocycles. The molecule has 2 fully saturated rings. The zero-order valence-electron chi connectivity index (χ0n) is 33.6. The van der Waals surface area contributed by atoms with Crippen LogP contribution in [-0.4, -0.2) is 102 Å². The standard InChI is InChI=1S/C38H64N2O8Si3/c1-15-45-35(42)29-24-27-25-44-20-19-31(48-51(13,14)38(5,6)7)33(27)39(29)34(41)28-23-26-17-16-18-30(47-50(11,12)37(2,3)4)32(26)40(28)36(43)46-21-22-49(8,9)10/h16-20,25,28-33H,15,21-24H2,1-14H3/t28-,29-,30+,31+,32+,33+/m1/s1. The lowest BCUT2D eigenvalue weighted by atomic mass is 9.96. The van der Waals surface area contributed by atoms with Gasteiger partial charge in [0.2, 0.25) is 5.91 Å². The SMILES string of the molecule is CCOC(=O)[C@H]1CC2=COC=C[C@H](O[Si](C)(C)C(C)(C)C)[C@H]2N1C(=O)[C@H]1CC2=CC=C[C@H](O[Si](C)(C)C(C)(C)C)[C@H]2N1C(=O)OCC[Si](C)(C)C. The van der Waals surface area contributed by atoms with Crippen molar-refractivity contribution in [1.82, 2.24) is 9.80 Å². The third kappa shape index (κ3) is 9.02. The Labute approximate surface area is 309 Å². The highest BCUT2D eigenvalue weighted by molar-refractivity contribution is 6.76. The van der Waals surface area contributed by atoms with Crippen LogP contribution in [0.25, 0.3) is 0 Å². The lowest BCUT2D eigenvalue weighted by molar-refractivity contribution is -0.156. The molecule has 0 bridgehead atoms. The quantitative estimate of drug-likeness (QED) is 0.163. The summed E-state index contributed by atoms with van der Waals surface area (Å²) in [6, 6.07) is -2.18. The molecule has 10 nitrogen and oxygen atoms in total. The summed E-state index contributed by atoms with van der Waals surface area (Å²) in [5, 5.41) is -0.180. The summed E-state index contributed by atoms with van der Waals surface area (Å²) < 4.78 is 31.3. The lowest BCUT2D eigenvalue weighted by Crippen LogP contribution is -2.60. The zero-order chi connectivity index (χ0) is 38.3. The predicted octanol–water partition coefficient (Wildman–Crippen LogP) is 8.14. The van der Waals surface area contributed by atoms with Gasteiger partial charge in [-0.25, -0.2) is 9.59 Å². The average Bonchev–Trinajstić information content (AvgIpc) is 3.51. The number of rotatable bonds is 10. The molecule has 0 unspecified atom stereocenters. The number of amides is 2. The molecule has 0 N–H and O–H groups in total. The van der Waals surface area contributed by atoms with Crippen LogP contribution < -0.4 is 0 Å². The number of ether oxygens (including phenoxy) is 3. The van der Waals surface area contributed by atoms with Gasteiger partial charge < -0.3 is 28.0 Å². The van der Waals surface area contributed by atoms with Gasteiger partial charge in [0.1, 0.15) is 12.1 Å². The van der Waals surface area contributed by atoms with E-state index >= 15 is 4.79 Å². The molecule has 4 aliphatic rings. The highest BCUT2D eigenvalue weighted by Crippen LogP contribution is 2.45. The van der Waals surface area contributed by atoms with E-state index in [1.165, 1.54) is 0 Å². The summed E-state index contributed by atoms with van der Waals surface area (Å²) in [7, 11) is -6.19. The van der Waals surface area contributed by atoms with Crippen LogP contribution in [0.2, 0.25) is 61.9 Å². The van der Waals surface area contributed by atoms with E-state index in [1.54, 1.807) is 29.2 Å². The van der Waals surface area contributed by atoms with Gasteiger partial charge in [0.05, 0.1) is 50.0 Å². The number of likely N-dealkylation sites (tertiary alicyclic amines) is 2. The maximum atomic E-state index is 15.3. The van der Waals surface area contributed by atoms with Crippen LogP contribution in [0, 0.1) is 0 Å². The number of nitrogens with zero attached hydrogens (tertiary/aromatic N) is 2. The highest BCUT2D eigenvalue weighted by atomic mass is 28.4. The number of esters is 1. The number of hydrogen-bond donors (Lipinski definition) is 0. The number of fused-ring (bicyclic) bond motifs is 2. The second kappa shape index (κ2) is 15.1. The van der Waals surface area contributed by atoms with Gasteiger partial charge in [0.15, 0.2) is 16.6 Å². The van der Waals surface area contributed by atoms with Crippen LogP contribution in [0.4, 0.5) is 4.79 Å². The molecule has 0 spiro atoms. The van der Waals surface area contributed by atoms with Crippen LogP contribution in [0.1, 0.15) is 61.3 Å². The van der Waals surface area contributed by atoms with E-state index in [0.29, 0.717) is 6.42 Å². The summed E-state index contributed by atoms with van der Waals surface area (Å²) in [6.07, 6.45) is 10.0. The van der Waals surface area contributed by atoms with Crippen molar-refractivity contribution in [2.75, 3.05) is 13.2 Å². The van der Waals surface area contributed by atoms with Crippen molar-refractivity contribution in [2.45, 2.75) is 160 Å². The Kier molecular flexibility index (Phi) is 12.2. The van der Waals surface area contributed by atoms with E-state index in [9.17, 15) is 9.59 Å². The van der Waals surface area contributed by atoms with Crippen molar-refractivity contribution < 1.29 is 37.4 Å². The molecule has 2 amide bonds. The van der Waals surface area contributed by atoms with Crippen LogP contribution in [0.5, 0.6) is 0 Å². The summed E-state index contributed by atoms with van der Waals surface area (Å²) in [5.74, 6) is -0.835. The van der Waals surface area contributed by atoms with Gasteiger partial charge in [0, 0.05) is 20.9 Å². The first-order chi connectivity index (χ1) is 23.4. The summed E-state index contributed by atoms with van der Waals surface area (Å²) in [5.41, 5.74) is 1.71.